The molecule has 2 unspecified atom stereocenters. The molecule has 0 aliphatic heterocycles. The van der Waals surface area contributed by atoms with Crippen molar-refractivity contribution in [2.75, 3.05) is 13.2 Å². The third-order valence-electron chi connectivity index (χ3n) is 15.7. The number of aliphatic hydroxyl groups excluding tert-OH is 2. The molecule has 1 amide bonds. The van der Waals surface area contributed by atoms with Crippen LogP contribution >= 0.6 is 0 Å². The zero-order valence-corrected chi connectivity index (χ0v) is 50.5. The zero-order valence-electron chi connectivity index (χ0n) is 50.5. The van der Waals surface area contributed by atoms with E-state index in [-0.39, 0.29) is 18.5 Å². The van der Waals surface area contributed by atoms with Gasteiger partial charge in [-0.1, -0.05) is 326 Å². The van der Waals surface area contributed by atoms with E-state index in [9.17, 15) is 19.8 Å². The highest BCUT2D eigenvalue weighted by Gasteiger charge is 2.18. The molecule has 0 radical (unpaired) electrons. The first kappa shape index (κ1) is 73.1. The minimum absolute atomic E-state index is 0.00632. The van der Waals surface area contributed by atoms with Gasteiger partial charge in [-0.15, -0.1) is 0 Å². The molecular formula is C69H131NO5. The average molecular weight is 1050 g/mol. The zero-order chi connectivity index (χ0) is 54.3. The predicted octanol–water partition coefficient (Wildman–Crippen LogP) is 21.5. The monoisotopic (exact) mass is 1050 g/mol. The Morgan fingerprint density at radius 1 is 0.373 bits per heavy atom. The van der Waals surface area contributed by atoms with Crippen LogP contribution in [0.25, 0.3) is 0 Å². The van der Waals surface area contributed by atoms with Crippen LogP contribution in [0.5, 0.6) is 0 Å². The Kier molecular flexibility index (Phi) is 63.0. The number of amides is 1. The minimum Gasteiger partial charge on any atom is -0.466 e. The smallest absolute Gasteiger partial charge is 0.305 e. The summed E-state index contributed by atoms with van der Waals surface area (Å²) >= 11 is 0. The molecule has 3 N–H and O–H groups in total. The van der Waals surface area contributed by atoms with E-state index in [1.54, 1.807) is 6.08 Å². The van der Waals surface area contributed by atoms with Crippen LogP contribution in [0.15, 0.2) is 36.5 Å². The van der Waals surface area contributed by atoms with Gasteiger partial charge in [0.05, 0.1) is 25.4 Å². The topological polar surface area (TPSA) is 95.9 Å². The number of ether oxygens (including phenoxy) is 1. The molecule has 0 aliphatic rings. The summed E-state index contributed by atoms with van der Waals surface area (Å²) in [6.07, 6.45) is 81.9. The molecule has 0 heterocycles. The normalized spacial score (nSPS) is 12.7. The highest BCUT2D eigenvalue weighted by Crippen LogP contribution is 2.18. The standard InChI is InChI=1S/C69H131NO5/c1-3-5-7-9-11-13-15-17-19-21-23-24-25-26-27-28-30-31-33-37-41-45-49-53-57-61-67(72)66(65-71)70-68(73)62-58-54-50-46-42-38-35-36-40-44-48-52-56-60-64-75-69(74)63-59-55-51-47-43-39-34-32-29-22-20-18-16-14-12-10-8-6-4-2/h12,14,18,20,57,61,66-67,71-72H,3-11,13,15-17,19,21-56,58-60,62-65H2,1-2H3,(H,70,73)/b14-12-,20-18-,61-57+. The number of carbonyl (C=O) groups is 2. The second kappa shape index (κ2) is 64.6. The molecule has 0 bridgehead atoms. The van der Waals surface area contributed by atoms with Gasteiger partial charge in [-0.2, -0.15) is 0 Å². The molecule has 0 rings (SSSR count). The number of hydrogen-bond donors (Lipinski definition) is 3. The number of hydrogen-bond acceptors (Lipinski definition) is 5. The number of nitrogens with one attached hydrogen (secondary N) is 1. The maximum atomic E-state index is 12.5. The fraction of sp³-hybridized carbons (Fsp3) is 0.884. The molecule has 75 heavy (non-hydrogen) atoms. The van der Waals surface area contributed by atoms with Crippen molar-refractivity contribution in [2.24, 2.45) is 0 Å². The van der Waals surface area contributed by atoms with Gasteiger partial charge in [-0.05, 0) is 64.2 Å². The summed E-state index contributed by atoms with van der Waals surface area (Å²) < 4.78 is 5.49. The van der Waals surface area contributed by atoms with Crippen LogP contribution in [0.2, 0.25) is 0 Å². The predicted molar refractivity (Wildman–Crippen MR) is 329 cm³/mol. The van der Waals surface area contributed by atoms with E-state index in [1.165, 1.54) is 276 Å². The lowest BCUT2D eigenvalue weighted by Crippen LogP contribution is -2.45. The fourth-order valence-corrected chi connectivity index (χ4v) is 10.5. The average Bonchev–Trinajstić information content (AvgIpc) is 3.41. The maximum absolute atomic E-state index is 12.5. The molecule has 0 saturated carbocycles. The molecule has 0 aromatic heterocycles. The Morgan fingerprint density at radius 3 is 1.04 bits per heavy atom. The van der Waals surface area contributed by atoms with Crippen molar-refractivity contribution in [1.29, 1.82) is 0 Å². The Hall–Kier alpha value is -1.92. The number of allylic oxidation sites excluding steroid dienone is 5. The van der Waals surface area contributed by atoms with Gasteiger partial charge in [0.25, 0.3) is 0 Å². The summed E-state index contributed by atoms with van der Waals surface area (Å²) in [6.45, 7) is 4.89. The fourth-order valence-electron chi connectivity index (χ4n) is 10.5. The quantitative estimate of drug-likeness (QED) is 0.0320. The van der Waals surface area contributed by atoms with Gasteiger partial charge in [-0.3, -0.25) is 9.59 Å². The molecular weight excluding hydrogens is 923 g/mol. The van der Waals surface area contributed by atoms with Gasteiger partial charge in [0.1, 0.15) is 0 Å². The number of esters is 1. The second-order valence-electron chi connectivity index (χ2n) is 23.2. The van der Waals surface area contributed by atoms with Crippen molar-refractivity contribution < 1.29 is 24.5 Å². The Balaban J connectivity index is 3.45. The molecule has 0 spiro atoms. The van der Waals surface area contributed by atoms with Crippen molar-refractivity contribution in [3.63, 3.8) is 0 Å². The van der Waals surface area contributed by atoms with E-state index in [4.69, 9.17) is 4.74 Å². The molecule has 0 saturated heterocycles. The summed E-state index contributed by atoms with van der Waals surface area (Å²) in [5, 5.41) is 23.3. The lowest BCUT2D eigenvalue weighted by molar-refractivity contribution is -0.143. The minimum atomic E-state index is -0.854. The summed E-state index contributed by atoms with van der Waals surface area (Å²) in [6, 6.07) is -0.638. The number of aliphatic hydroxyl groups is 2. The first-order chi connectivity index (χ1) is 37.0. The third kappa shape index (κ3) is 61.2. The number of rotatable bonds is 63. The molecule has 0 fully saturated rings. The van der Waals surface area contributed by atoms with Crippen molar-refractivity contribution >= 4 is 11.9 Å². The van der Waals surface area contributed by atoms with E-state index in [1.807, 2.05) is 6.08 Å². The third-order valence-corrected chi connectivity index (χ3v) is 15.7. The molecule has 0 aromatic rings. The van der Waals surface area contributed by atoms with Crippen LogP contribution in [0, 0.1) is 0 Å². The summed E-state index contributed by atoms with van der Waals surface area (Å²) in [5.74, 6) is -0.0813. The van der Waals surface area contributed by atoms with E-state index in [0.29, 0.717) is 19.4 Å². The number of carbonyl (C=O) groups excluding carboxylic acids is 2. The second-order valence-corrected chi connectivity index (χ2v) is 23.2. The van der Waals surface area contributed by atoms with Crippen molar-refractivity contribution in [1.82, 2.24) is 5.32 Å². The first-order valence-corrected chi connectivity index (χ1v) is 33.8. The molecule has 2 atom stereocenters. The Bertz CT molecular complexity index is 1210. The molecule has 6 nitrogen and oxygen atoms in total. The van der Waals surface area contributed by atoms with Crippen LogP contribution < -0.4 is 5.32 Å². The van der Waals surface area contributed by atoms with Crippen molar-refractivity contribution in [3.8, 4) is 0 Å². The van der Waals surface area contributed by atoms with Gasteiger partial charge >= 0.3 is 5.97 Å². The summed E-state index contributed by atoms with van der Waals surface area (Å²) in [5.41, 5.74) is 0. The van der Waals surface area contributed by atoms with Gasteiger partial charge in [0.2, 0.25) is 5.91 Å². The van der Waals surface area contributed by atoms with Gasteiger partial charge in [0.15, 0.2) is 0 Å². The molecule has 442 valence electrons. The Labute approximate surface area is 468 Å². The lowest BCUT2D eigenvalue weighted by Gasteiger charge is -2.20. The molecule has 0 aliphatic carbocycles. The van der Waals surface area contributed by atoms with Crippen LogP contribution in [0.3, 0.4) is 0 Å². The highest BCUT2D eigenvalue weighted by atomic mass is 16.5. The van der Waals surface area contributed by atoms with Crippen molar-refractivity contribution in [3.05, 3.63) is 36.5 Å². The largest absolute Gasteiger partial charge is 0.466 e. The number of unbranched alkanes of at least 4 members (excludes halogenated alkanes) is 48. The van der Waals surface area contributed by atoms with E-state index in [2.05, 4.69) is 43.5 Å². The molecule has 0 aromatic carbocycles. The van der Waals surface area contributed by atoms with Crippen LogP contribution in [-0.2, 0) is 14.3 Å². The SMILES string of the molecule is CCCCC/C=C\C/C=C\CCCCCCCCCCCC(=O)OCCCCCCCCCCCCCCCCC(=O)NC(CO)C(O)/C=C/CCCCCCCCCCCCCCCCCCCCCCCCC. The Morgan fingerprint density at radius 2 is 0.667 bits per heavy atom. The van der Waals surface area contributed by atoms with E-state index < -0.39 is 12.1 Å². The van der Waals surface area contributed by atoms with Crippen LogP contribution in [0.4, 0.5) is 0 Å². The van der Waals surface area contributed by atoms with Crippen LogP contribution in [0.1, 0.15) is 367 Å². The van der Waals surface area contributed by atoms with Crippen LogP contribution in [-0.4, -0.2) is 47.4 Å². The van der Waals surface area contributed by atoms with Gasteiger partial charge in [-0.25, -0.2) is 0 Å². The first-order valence-electron chi connectivity index (χ1n) is 33.8. The maximum Gasteiger partial charge on any atom is 0.305 e. The summed E-state index contributed by atoms with van der Waals surface area (Å²) in [7, 11) is 0. The highest BCUT2D eigenvalue weighted by molar-refractivity contribution is 5.76. The molecule has 6 heteroatoms. The van der Waals surface area contributed by atoms with Crippen molar-refractivity contribution in [2.45, 2.75) is 379 Å². The van der Waals surface area contributed by atoms with Gasteiger partial charge in [0, 0.05) is 12.8 Å². The summed E-state index contributed by atoms with van der Waals surface area (Å²) in [4.78, 5) is 24.6. The van der Waals surface area contributed by atoms with E-state index in [0.717, 1.165) is 64.2 Å². The lowest BCUT2D eigenvalue weighted by atomic mass is 10.0. The van der Waals surface area contributed by atoms with E-state index >= 15 is 0 Å². The van der Waals surface area contributed by atoms with Gasteiger partial charge < -0.3 is 20.3 Å².